The molecule has 3 rings (SSSR count). The van der Waals surface area contributed by atoms with Gasteiger partial charge in [-0.05, 0) is 51.9 Å². The van der Waals surface area contributed by atoms with Crippen molar-refractivity contribution < 1.29 is 0 Å². The predicted molar refractivity (Wildman–Crippen MR) is 72.7 cm³/mol. The number of H-pyrrole nitrogens is 1. The smallest absolute Gasteiger partial charge is 0.106 e. The maximum atomic E-state index is 4.58. The van der Waals surface area contributed by atoms with Gasteiger partial charge in [0.2, 0.25) is 0 Å². The molecule has 1 aromatic heterocycles. The second-order valence-corrected chi connectivity index (χ2v) is 5.95. The van der Waals surface area contributed by atoms with Crippen LogP contribution < -0.4 is 5.32 Å². The summed E-state index contributed by atoms with van der Waals surface area (Å²) in [5.74, 6) is 2.62. The number of likely N-dealkylation sites (tertiary alicyclic amines) is 1. The lowest BCUT2D eigenvalue weighted by Crippen LogP contribution is -2.30. The molecule has 18 heavy (non-hydrogen) atoms. The number of nitrogens with zero attached hydrogens (tertiary/aromatic N) is 2. The Balaban J connectivity index is 1.61. The van der Waals surface area contributed by atoms with E-state index in [2.05, 4.69) is 33.4 Å². The molecule has 2 saturated heterocycles. The zero-order valence-corrected chi connectivity index (χ0v) is 11.3. The fourth-order valence-corrected chi connectivity index (χ4v) is 3.27. The Morgan fingerprint density at radius 1 is 1.44 bits per heavy atom. The molecule has 100 valence electrons. The van der Waals surface area contributed by atoms with Crippen molar-refractivity contribution in [2.45, 2.75) is 31.6 Å². The number of aromatic nitrogens is 2. The van der Waals surface area contributed by atoms with Gasteiger partial charge in [-0.1, -0.05) is 0 Å². The third-order valence-corrected chi connectivity index (χ3v) is 4.36. The number of hydrogen-bond donors (Lipinski definition) is 2. The third-order valence-electron chi connectivity index (χ3n) is 4.36. The normalized spacial score (nSPS) is 29.8. The molecule has 2 atom stereocenters. The van der Waals surface area contributed by atoms with Crippen LogP contribution in [0.1, 0.15) is 36.7 Å². The molecule has 2 aliphatic heterocycles. The summed E-state index contributed by atoms with van der Waals surface area (Å²) in [7, 11) is 2.22. The first kappa shape index (κ1) is 12.2. The lowest BCUT2D eigenvalue weighted by molar-refractivity contribution is 0.248. The van der Waals surface area contributed by atoms with E-state index in [1.807, 2.05) is 0 Å². The van der Waals surface area contributed by atoms with Gasteiger partial charge in [-0.2, -0.15) is 0 Å². The second kappa shape index (κ2) is 5.41. The van der Waals surface area contributed by atoms with Crippen LogP contribution >= 0.6 is 0 Å². The van der Waals surface area contributed by atoms with Gasteiger partial charge in [0.25, 0.3) is 0 Å². The summed E-state index contributed by atoms with van der Waals surface area (Å²) in [4.78, 5) is 10.6. The van der Waals surface area contributed by atoms with E-state index in [1.54, 1.807) is 0 Å². The molecule has 1 aromatic rings. The van der Waals surface area contributed by atoms with E-state index in [4.69, 9.17) is 0 Å². The van der Waals surface area contributed by atoms with Crippen molar-refractivity contribution in [2.75, 3.05) is 33.2 Å². The van der Waals surface area contributed by atoms with Crippen LogP contribution in [0.15, 0.2) is 6.20 Å². The van der Waals surface area contributed by atoms with Crippen molar-refractivity contribution in [3.8, 4) is 0 Å². The lowest BCUT2D eigenvalue weighted by atomic mass is 9.96. The van der Waals surface area contributed by atoms with Gasteiger partial charge in [0.05, 0.1) is 0 Å². The Bertz CT molecular complexity index is 381. The number of hydrogen-bond acceptors (Lipinski definition) is 3. The minimum Gasteiger partial charge on any atom is -0.346 e. The summed E-state index contributed by atoms with van der Waals surface area (Å²) in [5, 5.41) is 3.42. The molecular formula is C14H24N4. The molecule has 0 spiro atoms. The number of rotatable bonds is 3. The van der Waals surface area contributed by atoms with Crippen LogP contribution in [0.3, 0.4) is 0 Å². The van der Waals surface area contributed by atoms with E-state index >= 15 is 0 Å². The van der Waals surface area contributed by atoms with E-state index in [1.165, 1.54) is 50.4 Å². The Labute approximate surface area is 109 Å². The highest BCUT2D eigenvalue weighted by Gasteiger charge is 2.22. The van der Waals surface area contributed by atoms with Crippen molar-refractivity contribution in [1.29, 1.82) is 0 Å². The van der Waals surface area contributed by atoms with Crippen LogP contribution in [0.4, 0.5) is 0 Å². The van der Waals surface area contributed by atoms with Crippen molar-refractivity contribution >= 4 is 0 Å². The summed E-state index contributed by atoms with van der Waals surface area (Å²) in [5.41, 5.74) is 1.35. The minimum atomic E-state index is 0.659. The molecule has 4 nitrogen and oxygen atoms in total. The topological polar surface area (TPSA) is 44.0 Å². The molecule has 4 heteroatoms. The van der Waals surface area contributed by atoms with Gasteiger partial charge in [0.15, 0.2) is 0 Å². The number of aromatic amines is 1. The standard InChI is InChI=1S/C14H24N4/c1-18-6-2-3-12(10-18)13-9-16-14(17-13)7-11-4-5-15-8-11/h9,11-12,15H,2-8,10H2,1H3,(H,16,17). The highest BCUT2D eigenvalue weighted by Crippen LogP contribution is 2.25. The Morgan fingerprint density at radius 3 is 3.17 bits per heavy atom. The maximum Gasteiger partial charge on any atom is 0.106 e. The van der Waals surface area contributed by atoms with E-state index in [-0.39, 0.29) is 0 Å². The van der Waals surface area contributed by atoms with Crippen LogP contribution in [-0.2, 0) is 6.42 Å². The monoisotopic (exact) mass is 248 g/mol. The van der Waals surface area contributed by atoms with Crippen LogP contribution in [0.2, 0.25) is 0 Å². The zero-order chi connectivity index (χ0) is 12.4. The first-order valence-electron chi connectivity index (χ1n) is 7.24. The highest BCUT2D eigenvalue weighted by atomic mass is 15.1. The molecule has 0 aliphatic carbocycles. The SMILES string of the molecule is CN1CCCC(c2cnc(CC3CCNC3)[nH]2)C1. The largest absolute Gasteiger partial charge is 0.346 e. The Morgan fingerprint density at radius 2 is 2.39 bits per heavy atom. The number of likely N-dealkylation sites (N-methyl/N-ethyl adjacent to an activating group) is 1. The summed E-state index contributed by atoms with van der Waals surface area (Å²) in [6.07, 6.45) is 7.08. The third kappa shape index (κ3) is 2.75. The van der Waals surface area contributed by atoms with E-state index in [0.29, 0.717) is 5.92 Å². The second-order valence-electron chi connectivity index (χ2n) is 5.95. The quantitative estimate of drug-likeness (QED) is 0.849. The fraction of sp³-hybridized carbons (Fsp3) is 0.786. The van der Waals surface area contributed by atoms with Gasteiger partial charge < -0.3 is 15.2 Å². The number of imidazole rings is 1. The van der Waals surface area contributed by atoms with Gasteiger partial charge in [0.1, 0.15) is 5.82 Å². The molecule has 0 radical (unpaired) electrons. The Hall–Kier alpha value is -0.870. The molecular weight excluding hydrogens is 224 g/mol. The minimum absolute atomic E-state index is 0.659. The first-order chi connectivity index (χ1) is 8.81. The van der Waals surface area contributed by atoms with E-state index in [9.17, 15) is 0 Å². The molecule has 0 saturated carbocycles. The van der Waals surface area contributed by atoms with Crippen LogP contribution in [0.25, 0.3) is 0 Å². The molecule has 3 heterocycles. The predicted octanol–water partition coefficient (Wildman–Crippen LogP) is 1.37. The number of nitrogens with one attached hydrogen (secondary N) is 2. The van der Waals surface area contributed by atoms with Crippen LogP contribution in [0, 0.1) is 5.92 Å². The Kier molecular flexibility index (Phi) is 3.66. The van der Waals surface area contributed by atoms with Crippen LogP contribution in [0.5, 0.6) is 0 Å². The molecule has 2 N–H and O–H groups in total. The van der Waals surface area contributed by atoms with E-state index in [0.717, 1.165) is 18.9 Å². The maximum absolute atomic E-state index is 4.58. The summed E-state index contributed by atoms with van der Waals surface area (Å²) >= 11 is 0. The highest BCUT2D eigenvalue weighted by molar-refractivity contribution is 5.10. The van der Waals surface area contributed by atoms with Crippen molar-refractivity contribution in [1.82, 2.24) is 20.2 Å². The van der Waals surface area contributed by atoms with Crippen molar-refractivity contribution in [3.63, 3.8) is 0 Å². The average Bonchev–Trinajstić information content (AvgIpc) is 3.01. The summed E-state index contributed by atoms with van der Waals surface area (Å²) in [6.45, 7) is 4.74. The molecule has 0 amide bonds. The van der Waals surface area contributed by atoms with Gasteiger partial charge >= 0.3 is 0 Å². The molecule has 2 unspecified atom stereocenters. The van der Waals surface area contributed by atoms with Crippen molar-refractivity contribution in [2.24, 2.45) is 5.92 Å². The molecule has 0 bridgehead atoms. The molecule has 2 aliphatic rings. The fourth-order valence-electron chi connectivity index (χ4n) is 3.27. The zero-order valence-electron chi connectivity index (χ0n) is 11.3. The van der Waals surface area contributed by atoms with Gasteiger partial charge in [0, 0.05) is 30.8 Å². The van der Waals surface area contributed by atoms with Gasteiger partial charge in [-0.25, -0.2) is 4.98 Å². The molecule has 0 aromatic carbocycles. The van der Waals surface area contributed by atoms with Gasteiger partial charge in [-0.3, -0.25) is 0 Å². The van der Waals surface area contributed by atoms with E-state index < -0.39 is 0 Å². The summed E-state index contributed by atoms with van der Waals surface area (Å²) in [6, 6.07) is 0. The average molecular weight is 248 g/mol. The van der Waals surface area contributed by atoms with Crippen molar-refractivity contribution in [3.05, 3.63) is 17.7 Å². The van der Waals surface area contributed by atoms with Crippen LogP contribution in [-0.4, -0.2) is 48.1 Å². The molecule has 2 fully saturated rings. The first-order valence-corrected chi connectivity index (χ1v) is 7.24. The lowest BCUT2D eigenvalue weighted by Gasteiger charge is -2.28. The summed E-state index contributed by atoms with van der Waals surface area (Å²) < 4.78 is 0. The number of piperidine rings is 1. The van der Waals surface area contributed by atoms with Gasteiger partial charge in [-0.15, -0.1) is 0 Å².